The van der Waals surface area contributed by atoms with Crippen molar-refractivity contribution in [3.63, 3.8) is 0 Å². The summed E-state index contributed by atoms with van der Waals surface area (Å²) in [6, 6.07) is 7.22. The molecule has 1 aromatic carbocycles. The summed E-state index contributed by atoms with van der Waals surface area (Å²) >= 11 is 0. The van der Waals surface area contributed by atoms with E-state index in [9.17, 15) is 9.59 Å². The minimum atomic E-state index is -0.840. The van der Waals surface area contributed by atoms with Crippen molar-refractivity contribution in [2.45, 2.75) is 6.92 Å². The smallest absolute Gasteiger partial charge is 0.308 e. The number of hydrogen-bond donors (Lipinski definition) is 2. The molecular weight excluding hydrogens is 256 g/mol. The third-order valence-corrected chi connectivity index (χ3v) is 3.57. The Morgan fingerprint density at radius 1 is 1.40 bits per heavy atom. The number of nitrogen functional groups attached to an aromatic ring is 1. The van der Waals surface area contributed by atoms with Gasteiger partial charge in [-0.2, -0.15) is 0 Å². The summed E-state index contributed by atoms with van der Waals surface area (Å²) in [4.78, 5) is 24.6. The number of anilines is 1. The molecule has 0 saturated carbocycles. The van der Waals surface area contributed by atoms with Crippen LogP contribution in [-0.2, 0) is 9.59 Å². The maximum atomic E-state index is 12.0. The number of hydrogen-bond acceptors (Lipinski definition) is 3. The minimum Gasteiger partial charge on any atom is -0.481 e. The van der Waals surface area contributed by atoms with E-state index in [1.165, 1.54) is 6.08 Å². The van der Waals surface area contributed by atoms with Gasteiger partial charge in [0.25, 0.3) is 0 Å². The fraction of sp³-hybridized carbons (Fsp3) is 0.333. The summed E-state index contributed by atoms with van der Waals surface area (Å²) in [5, 5.41) is 9.05. The van der Waals surface area contributed by atoms with Crippen LogP contribution in [0, 0.1) is 11.8 Å². The Balaban J connectivity index is 2.01. The molecule has 1 heterocycles. The van der Waals surface area contributed by atoms with Crippen LogP contribution in [0.5, 0.6) is 0 Å². The van der Waals surface area contributed by atoms with E-state index < -0.39 is 11.9 Å². The van der Waals surface area contributed by atoms with E-state index >= 15 is 0 Å². The third-order valence-electron chi connectivity index (χ3n) is 3.57. The number of carboxylic acid groups (broad SMARTS) is 1. The van der Waals surface area contributed by atoms with Gasteiger partial charge < -0.3 is 15.7 Å². The van der Waals surface area contributed by atoms with Crippen LogP contribution in [0.15, 0.2) is 30.3 Å². The number of likely N-dealkylation sites (tertiary alicyclic amines) is 1. The first kappa shape index (κ1) is 14.1. The number of nitrogens with zero attached hydrogens (tertiary/aromatic N) is 1. The van der Waals surface area contributed by atoms with E-state index in [4.69, 9.17) is 10.8 Å². The monoisotopic (exact) mass is 274 g/mol. The molecule has 0 aromatic heterocycles. The highest BCUT2D eigenvalue weighted by atomic mass is 16.4. The molecule has 1 aromatic rings. The molecule has 106 valence electrons. The lowest BCUT2D eigenvalue weighted by molar-refractivity contribution is -0.142. The zero-order valence-electron chi connectivity index (χ0n) is 11.3. The van der Waals surface area contributed by atoms with Crippen LogP contribution < -0.4 is 5.73 Å². The molecule has 1 saturated heterocycles. The van der Waals surface area contributed by atoms with Crippen molar-refractivity contribution in [2.24, 2.45) is 11.8 Å². The molecule has 3 N–H and O–H groups in total. The zero-order chi connectivity index (χ0) is 14.7. The molecular formula is C15H18N2O3. The van der Waals surface area contributed by atoms with Crippen molar-refractivity contribution < 1.29 is 14.7 Å². The van der Waals surface area contributed by atoms with Gasteiger partial charge in [0.1, 0.15) is 0 Å². The highest BCUT2D eigenvalue weighted by Crippen LogP contribution is 2.23. The Kier molecular flexibility index (Phi) is 4.08. The van der Waals surface area contributed by atoms with E-state index in [0.717, 1.165) is 5.56 Å². The lowest BCUT2D eigenvalue weighted by atomic mass is 9.99. The van der Waals surface area contributed by atoms with Gasteiger partial charge in [0.15, 0.2) is 0 Å². The van der Waals surface area contributed by atoms with Crippen molar-refractivity contribution in [3.8, 4) is 0 Å². The van der Waals surface area contributed by atoms with E-state index in [1.54, 1.807) is 23.1 Å². The Bertz CT molecular complexity index is 554. The van der Waals surface area contributed by atoms with Gasteiger partial charge in [-0.05, 0) is 29.7 Å². The summed E-state index contributed by atoms with van der Waals surface area (Å²) in [7, 11) is 0. The topological polar surface area (TPSA) is 83.6 Å². The highest BCUT2D eigenvalue weighted by molar-refractivity contribution is 5.92. The maximum absolute atomic E-state index is 12.0. The Morgan fingerprint density at radius 3 is 2.75 bits per heavy atom. The van der Waals surface area contributed by atoms with E-state index in [1.807, 2.05) is 19.1 Å². The number of nitrogens with two attached hydrogens (primary N) is 1. The van der Waals surface area contributed by atoms with Gasteiger partial charge in [0.2, 0.25) is 5.91 Å². The van der Waals surface area contributed by atoms with Crippen LogP contribution in [-0.4, -0.2) is 35.0 Å². The van der Waals surface area contributed by atoms with Crippen LogP contribution in [0.2, 0.25) is 0 Å². The first-order chi connectivity index (χ1) is 9.47. The number of carbonyl (C=O) groups excluding carboxylic acids is 1. The normalized spacial score (nSPS) is 22.4. The number of amides is 1. The molecule has 1 aliphatic rings. The average molecular weight is 274 g/mol. The van der Waals surface area contributed by atoms with Crippen LogP contribution in [0.3, 0.4) is 0 Å². The molecule has 0 bridgehead atoms. The maximum Gasteiger partial charge on any atom is 0.308 e. The highest BCUT2D eigenvalue weighted by Gasteiger charge is 2.36. The van der Waals surface area contributed by atoms with Crippen molar-refractivity contribution >= 4 is 23.6 Å². The van der Waals surface area contributed by atoms with Crippen molar-refractivity contribution in [2.75, 3.05) is 18.8 Å². The Hall–Kier alpha value is -2.30. The summed E-state index contributed by atoms with van der Waals surface area (Å²) in [6.45, 7) is 2.61. The average Bonchev–Trinajstić information content (AvgIpc) is 2.78. The van der Waals surface area contributed by atoms with Crippen LogP contribution in [0.1, 0.15) is 12.5 Å². The minimum absolute atomic E-state index is 0.0165. The first-order valence-corrected chi connectivity index (χ1v) is 6.52. The fourth-order valence-electron chi connectivity index (χ4n) is 2.40. The lowest BCUT2D eigenvalue weighted by Gasteiger charge is -2.12. The first-order valence-electron chi connectivity index (χ1n) is 6.52. The lowest BCUT2D eigenvalue weighted by Crippen LogP contribution is -2.28. The van der Waals surface area contributed by atoms with Gasteiger partial charge in [0, 0.05) is 24.9 Å². The number of carbonyl (C=O) groups is 2. The molecule has 1 amide bonds. The SMILES string of the molecule is CC1CN(C(=O)/C=C/c2cccc(N)c2)CC1C(=O)O. The van der Waals surface area contributed by atoms with Gasteiger partial charge >= 0.3 is 5.97 Å². The number of benzene rings is 1. The molecule has 5 heteroatoms. The van der Waals surface area contributed by atoms with Crippen molar-refractivity contribution in [1.29, 1.82) is 0 Å². The predicted molar refractivity (Wildman–Crippen MR) is 76.8 cm³/mol. The molecule has 20 heavy (non-hydrogen) atoms. The van der Waals surface area contributed by atoms with Gasteiger partial charge in [-0.3, -0.25) is 9.59 Å². The number of carboxylic acids is 1. The number of rotatable bonds is 3. The van der Waals surface area contributed by atoms with Gasteiger partial charge in [-0.25, -0.2) is 0 Å². The summed E-state index contributed by atoms with van der Waals surface area (Å²) in [5.74, 6) is -1.49. The second-order valence-corrected chi connectivity index (χ2v) is 5.17. The quantitative estimate of drug-likeness (QED) is 0.645. The van der Waals surface area contributed by atoms with Gasteiger partial charge in [-0.15, -0.1) is 0 Å². The van der Waals surface area contributed by atoms with Crippen molar-refractivity contribution in [3.05, 3.63) is 35.9 Å². The van der Waals surface area contributed by atoms with E-state index in [-0.39, 0.29) is 18.4 Å². The largest absolute Gasteiger partial charge is 0.481 e. The van der Waals surface area contributed by atoms with Crippen molar-refractivity contribution in [1.82, 2.24) is 4.90 Å². The van der Waals surface area contributed by atoms with E-state index in [0.29, 0.717) is 12.2 Å². The molecule has 2 rings (SSSR count). The molecule has 5 nitrogen and oxygen atoms in total. The fourth-order valence-corrected chi connectivity index (χ4v) is 2.40. The summed E-state index contributed by atoms with van der Waals surface area (Å²) in [6.07, 6.45) is 3.16. The van der Waals surface area contributed by atoms with Crippen LogP contribution in [0.4, 0.5) is 5.69 Å². The molecule has 0 radical (unpaired) electrons. The molecule has 2 atom stereocenters. The summed E-state index contributed by atoms with van der Waals surface area (Å²) in [5.41, 5.74) is 7.15. The third kappa shape index (κ3) is 3.17. The number of aliphatic carboxylic acids is 1. The van der Waals surface area contributed by atoms with Gasteiger partial charge in [0.05, 0.1) is 5.92 Å². The second kappa shape index (κ2) is 5.77. The second-order valence-electron chi connectivity index (χ2n) is 5.17. The summed E-state index contributed by atoms with van der Waals surface area (Å²) < 4.78 is 0. The zero-order valence-corrected chi connectivity index (χ0v) is 11.3. The Labute approximate surface area is 117 Å². The standard InChI is InChI=1S/C15H18N2O3/c1-10-8-17(9-13(10)15(19)20)14(18)6-5-11-3-2-4-12(16)7-11/h2-7,10,13H,8-9,16H2,1H3,(H,19,20)/b6-5+. The molecule has 1 aliphatic heterocycles. The van der Waals surface area contributed by atoms with E-state index in [2.05, 4.69) is 0 Å². The molecule has 0 spiro atoms. The molecule has 1 fully saturated rings. The molecule has 2 unspecified atom stereocenters. The van der Waals surface area contributed by atoms with Gasteiger partial charge in [-0.1, -0.05) is 19.1 Å². The van der Waals surface area contributed by atoms with Crippen LogP contribution in [0.25, 0.3) is 6.08 Å². The van der Waals surface area contributed by atoms with Crippen LogP contribution >= 0.6 is 0 Å². The predicted octanol–water partition coefficient (Wildman–Crippen LogP) is 1.46. The molecule has 0 aliphatic carbocycles. The Morgan fingerprint density at radius 2 is 2.15 bits per heavy atom.